The molecule has 0 aliphatic heterocycles. The average molecular weight is 499 g/mol. The monoisotopic (exact) mass is 498 g/mol. The molecule has 0 aromatic carbocycles. The largest absolute Gasteiger partial charge is 0.470 e. The van der Waals surface area contributed by atoms with Crippen LogP contribution in [0.25, 0.3) is 17.0 Å². The van der Waals surface area contributed by atoms with Gasteiger partial charge in [-0.15, -0.1) is 10.2 Å². The third kappa shape index (κ3) is 6.22. The van der Waals surface area contributed by atoms with Gasteiger partial charge in [0.1, 0.15) is 13.2 Å². The number of aliphatic hydroxyl groups is 1. The molecule has 4 aromatic heterocycles. The Balaban J connectivity index is 0.00000109. The first kappa shape index (κ1) is 28.4. The number of hydrogen-bond acceptors (Lipinski definition) is 10. The molecule has 194 valence electrons. The lowest BCUT2D eigenvalue weighted by molar-refractivity contribution is 0.0600. The number of aliphatic hydroxyl groups excluding tert-OH is 1. The van der Waals surface area contributed by atoms with Crippen LogP contribution in [0, 0.1) is 0 Å². The van der Waals surface area contributed by atoms with E-state index >= 15 is 0 Å². The molecule has 0 atom stereocenters. The summed E-state index contributed by atoms with van der Waals surface area (Å²) in [6, 6.07) is 4.90. The van der Waals surface area contributed by atoms with E-state index in [9.17, 15) is 9.90 Å². The van der Waals surface area contributed by atoms with E-state index < -0.39 is 5.97 Å². The number of hydrogen-bond donors (Lipinski definition) is 1. The van der Waals surface area contributed by atoms with Crippen molar-refractivity contribution >= 4 is 11.5 Å². The third-order valence-corrected chi connectivity index (χ3v) is 4.72. The van der Waals surface area contributed by atoms with Crippen LogP contribution in [0.3, 0.4) is 0 Å². The molecule has 0 aliphatic carbocycles. The van der Waals surface area contributed by atoms with Gasteiger partial charge in [-0.25, -0.2) is 9.31 Å². The summed E-state index contributed by atoms with van der Waals surface area (Å²) in [6.45, 7) is 14.0. The molecule has 0 saturated carbocycles. The predicted octanol–water partition coefficient (Wildman–Crippen LogP) is 4.38. The van der Waals surface area contributed by atoms with Gasteiger partial charge in [0.05, 0.1) is 30.1 Å². The predicted molar refractivity (Wildman–Crippen MR) is 134 cm³/mol. The molecule has 4 heterocycles. The van der Waals surface area contributed by atoms with Crippen molar-refractivity contribution in [2.75, 3.05) is 7.11 Å². The Morgan fingerprint density at radius 3 is 2.42 bits per heavy atom. The molecule has 0 bridgehead atoms. The minimum Gasteiger partial charge on any atom is -0.470 e. The van der Waals surface area contributed by atoms with Gasteiger partial charge < -0.3 is 19.1 Å². The Morgan fingerprint density at radius 2 is 1.86 bits per heavy atom. The molecule has 4 rings (SSSR count). The topological polar surface area (TPSA) is 138 Å². The minimum absolute atomic E-state index is 0.142. The van der Waals surface area contributed by atoms with Crippen LogP contribution in [0.4, 0.5) is 0 Å². The standard InChI is InChI=1S/C21H22N6O5.2C2H6/c1-21(2,3)17-16-9-23-24-18(15-7-14(10-28)32-26-15)27(16)25-19(17)31-11-13-6-5-12(8-22-13)20(29)30-4;2*1-2/h5-9,28H,10-11H2,1-4H3;2*1-2H3. The second-order valence-corrected chi connectivity index (χ2v) is 8.05. The zero-order valence-electron chi connectivity index (χ0n) is 22.1. The maximum absolute atomic E-state index is 11.6. The first-order valence-electron chi connectivity index (χ1n) is 11.8. The maximum Gasteiger partial charge on any atom is 0.339 e. The van der Waals surface area contributed by atoms with E-state index in [4.69, 9.17) is 9.26 Å². The highest BCUT2D eigenvalue weighted by Crippen LogP contribution is 2.36. The van der Waals surface area contributed by atoms with Gasteiger partial charge in [0.2, 0.25) is 11.7 Å². The number of ether oxygens (including phenoxy) is 2. The SMILES string of the molecule is CC.CC.COC(=O)c1ccc(COc2nn3c(-c4cc(CO)on4)nncc3c2C(C)(C)C)nc1. The van der Waals surface area contributed by atoms with Crippen molar-refractivity contribution in [3.63, 3.8) is 0 Å². The average Bonchev–Trinajstić information content (AvgIpc) is 3.54. The van der Waals surface area contributed by atoms with Crippen LogP contribution in [0.2, 0.25) is 0 Å². The van der Waals surface area contributed by atoms with Gasteiger partial charge in [-0.05, 0) is 17.5 Å². The highest BCUT2D eigenvalue weighted by atomic mass is 16.5. The summed E-state index contributed by atoms with van der Waals surface area (Å²) in [6.07, 6.45) is 3.05. The molecule has 36 heavy (non-hydrogen) atoms. The summed E-state index contributed by atoms with van der Waals surface area (Å²) >= 11 is 0. The smallest absolute Gasteiger partial charge is 0.339 e. The third-order valence-electron chi connectivity index (χ3n) is 4.72. The summed E-state index contributed by atoms with van der Waals surface area (Å²) in [4.78, 5) is 15.8. The number of rotatable bonds is 6. The lowest BCUT2D eigenvalue weighted by Crippen LogP contribution is -2.13. The van der Waals surface area contributed by atoms with Crippen LogP contribution < -0.4 is 4.74 Å². The van der Waals surface area contributed by atoms with E-state index in [2.05, 4.69) is 30.2 Å². The van der Waals surface area contributed by atoms with Crippen LogP contribution in [0.15, 0.2) is 35.1 Å². The Labute approximate surface area is 210 Å². The van der Waals surface area contributed by atoms with E-state index in [0.717, 1.165) is 5.56 Å². The Hall–Kier alpha value is -3.86. The number of fused-ring (bicyclic) bond motifs is 1. The molecule has 0 aliphatic rings. The van der Waals surface area contributed by atoms with Gasteiger partial charge >= 0.3 is 5.97 Å². The van der Waals surface area contributed by atoms with Gasteiger partial charge in [0.25, 0.3) is 0 Å². The molecule has 11 nitrogen and oxygen atoms in total. The number of nitrogens with zero attached hydrogens (tertiary/aromatic N) is 6. The molecule has 11 heteroatoms. The van der Waals surface area contributed by atoms with Crippen LogP contribution >= 0.6 is 0 Å². The quantitative estimate of drug-likeness (QED) is 0.381. The summed E-state index contributed by atoms with van der Waals surface area (Å²) in [5.41, 5.74) is 2.60. The summed E-state index contributed by atoms with van der Waals surface area (Å²) in [7, 11) is 1.32. The number of pyridine rings is 1. The van der Waals surface area contributed by atoms with Crippen LogP contribution in [-0.4, -0.2) is 48.1 Å². The lowest BCUT2D eigenvalue weighted by atomic mass is 9.88. The number of carbonyl (C=O) groups excluding carboxylic acids is 1. The molecule has 0 fully saturated rings. The first-order chi connectivity index (χ1) is 17.3. The van der Waals surface area contributed by atoms with Crippen LogP contribution in [-0.2, 0) is 23.4 Å². The molecule has 0 spiro atoms. The molecule has 0 radical (unpaired) electrons. The zero-order chi connectivity index (χ0) is 26.9. The van der Waals surface area contributed by atoms with E-state index in [-0.39, 0.29) is 18.6 Å². The van der Waals surface area contributed by atoms with E-state index in [1.165, 1.54) is 13.3 Å². The number of esters is 1. The minimum atomic E-state index is -0.454. The molecule has 0 saturated heterocycles. The van der Waals surface area contributed by atoms with Crippen molar-refractivity contribution in [1.82, 2.24) is 30.0 Å². The van der Waals surface area contributed by atoms with Gasteiger partial charge in [0, 0.05) is 17.8 Å². The maximum atomic E-state index is 11.6. The van der Waals surface area contributed by atoms with Crippen molar-refractivity contribution in [3.8, 4) is 17.4 Å². The number of methoxy groups -OCH3 is 1. The summed E-state index contributed by atoms with van der Waals surface area (Å²) in [5, 5.41) is 26.1. The van der Waals surface area contributed by atoms with Crippen molar-refractivity contribution in [2.24, 2.45) is 0 Å². The molecule has 4 aromatic rings. The lowest BCUT2D eigenvalue weighted by Gasteiger charge is -2.18. The van der Waals surface area contributed by atoms with E-state index in [0.29, 0.717) is 39.9 Å². The molecule has 0 amide bonds. The molecular formula is C25H34N6O5. The molecular weight excluding hydrogens is 464 g/mol. The van der Waals surface area contributed by atoms with Gasteiger partial charge in [-0.3, -0.25) is 4.98 Å². The second-order valence-electron chi connectivity index (χ2n) is 8.05. The van der Waals surface area contributed by atoms with Crippen LogP contribution in [0.1, 0.15) is 75.8 Å². The van der Waals surface area contributed by atoms with Crippen molar-refractivity contribution in [1.29, 1.82) is 0 Å². The number of carbonyl (C=O) groups is 1. The Kier molecular flexibility index (Phi) is 10.0. The van der Waals surface area contributed by atoms with Crippen molar-refractivity contribution < 1.29 is 23.9 Å². The summed E-state index contributed by atoms with van der Waals surface area (Å²) < 4.78 is 17.4. The van der Waals surface area contributed by atoms with E-state index in [1.807, 2.05) is 48.5 Å². The fraction of sp³-hybridized carbons (Fsp3) is 0.440. The Morgan fingerprint density at radius 1 is 1.14 bits per heavy atom. The molecule has 0 unspecified atom stereocenters. The normalized spacial score (nSPS) is 10.7. The number of aromatic nitrogens is 6. The van der Waals surface area contributed by atoms with Gasteiger partial charge in [-0.2, -0.15) is 5.10 Å². The first-order valence-corrected chi connectivity index (χ1v) is 11.8. The highest BCUT2D eigenvalue weighted by molar-refractivity contribution is 5.88. The summed E-state index contributed by atoms with van der Waals surface area (Å²) in [5.74, 6) is 0.607. The van der Waals surface area contributed by atoms with Gasteiger partial charge in [0.15, 0.2) is 11.5 Å². The van der Waals surface area contributed by atoms with E-state index in [1.54, 1.807) is 28.9 Å². The Bertz CT molecular complexity index is 1260. The molecule has 1 N–H and O–H groups in total. The highest BCUT2D eigenvalue weighted by Gasteiger charge is 2.28. The zero-order valence-corrected chi connectivity index (χ0v) is 22.1. The van der Waals surface area contributed by atoms with Crippen molar-refractivity contribution in [3.05, 3.63) is 53.2 Å². The second kappa shape index (κ2) is 12.7. The van der Waals surface area contributed by atoms with Gasteiger partial charge in [-0.1, -0.05) is 53.6 Å². The fourth-order valence-electron chi connectivity index (χ4n) is 3.22. The van der Waals surface area contributed by atoms with Crippen LogP contribution in [0.5, 0.6) is 5.88 Å². The fourth-order valence-corrected chi connectivity index (χ4v) is 3.22. The van der Waals surface area contributed by atoms with Crippen molar-refractivity contribution in [2.45, 2.75) is 67.1 Å².